The van der Waals surface area contributed by atoms with Crippen LogP contribution in [0, 0.1) is 0 Å². The van der Waals surface area contributed by atoms with E-state index in [1.807, 2.05) is 6.07 Å². The van der Waals surface area contributed by atoms with Crippen LogP contribution in [0.25, 0.3) is 0 Å². The number of aryl methyl sites for hydroxylation is 1. The second-order valence-corrected chi connectivity index (χ2v) is 6.51. The Morgan fingerprint density at radius 3 is 2.81 bits per heavy atom. The zero-order chi connectivity index (χ0) is 19.6. The first-order valence-corrected chi connectivity index (χ1v) is 8.76. The smallest absolute Gasteiger partial charge is 0.366 e. The highest BCUT2D eigenvalue weighted by Crippen LogP contribution is 2.34. The van der Waals surface area contributed by atoms with E-state index in [1.54, 1.807) is 19.1 Å². The van der Waals surface area contributed by atoms with Gasteiger partial charge >= 0.3 is 6.18 Å². The van der Waals surface area contributed by atoms with Crippen LogP contribution >= 0.6 is 11.6 Å². The minimum atomic E-state index is -4.59. The fourth-order valence-corrected chi connectivity index (χ4v) is 2.70. The summed E-state index contributed by atoms with van der Waals surface area (Å²) in [6, 6.07) is 4.83. The maximum Gasteiger partial charge on any atom is 0.421 e. The van der Waals surface area contributed by atoms with Gasteiger partial charge in [0.1, 0.15) is 11.4 Å². The quantitative estimate of drug-likeness (QED) is 0.658. The molecule has 0 saturated carbocycles. The van der Waals surface area contributed by atoms with Crippen LogP contribution in [-0.2, 0) is 17.4 Å². The van der Waals surface area contributed by atoms with Gasteiger partial charge in [0.25, 0.3) is 0 Å². The van der Waals surface area contributed by atoms with E-state index >= 15 is 0 Å². The van der Waals surface area contributed by atoms with Crippen molar-refractivity contribution in [3.8, 4) is 0 Å². The lowest BCUT2D eigenvalue weighted by Crippen LogP contribution is -2.22. The van der Waals surface area contributed by atoms with Gasteiger partial charge in [-0.3, -0.25) is 4.79 Å². The molecule has 1 aromatic heterocycles. The van der Waals surface area contributed by atoms with Gasteiger partial charge in [-0.1, -0.05) is 0 Å². The summed E-state index contributed by atoms with van der Waals surface area (Å²) in [5.74, 6) is -0.232. The van der Waals surface area contributed by atoms with Crippen molar-refractivity contribution in [1.82, 2.24) is 9.97 Å². The molecular formula is C17H17ClF3N5O. The normalized spacial score (nSPS) is 14.9. The monoisotopic (exact) mass is 399 g/mol. The van der Waals surface area contributed by atoms with Crippen LogP contribution in [0.3, 0.4) is 0 Å². The van der Waals surface area contributed by atoms with E-state index < -0.39 is 17.8 Å². The maximum absolute atomic E-state index is 13.2. The molecule has 0 bridgehead atoms. The summed E-state index contributed by atoms with van der Waals surface area (Å²) in [5, 5.41) is 8.32. The van der Waals surface area contributed by atoms with E-state index in [2.05, 4.69) is 25.9 Å². The molecule has 1 amide bonds. The van der Waals surface area contributed by atoms with Crippen molar-refractivity contribution in [2.75, 3.05) is 21.8 Å². The number of fused-ring (bicyclic) bond motifs is 1. The minimum absolute atomic E-state index is 0.0204. The van der Waals surface area contributed by atoms with Crippen LogP contribution in [0.1, 0.15) is 24.5 Å². The topological polar surface area (TPSA) is 78.9 Å². The summed E-state index contributed by atoms with van der Waals surface area (Å²) < 4.78 is 39.5. The number of nitrogens with one attached hydrogen (secondary N) is 3. The molecule has 2 aromatic rings. The van der Waals surface area contributed by atoms with Crippen molar-refractivity contribution in [3.63, 3.8) is 0 Å². The highest BCUT2D eigenvalue weighted by Gasteiger charge is 2.35. The van der Waals surface area contributed by atoms with Gasteiger partial charge in [0.05, 0.1) is 0 Å². The molecule has 1 aliphatic heterocycles. The number of carbonyl (C=O) groups is 1. The van der Waals surface area contributed by atoms with Crippen LogP contribution < -0.4 is 16.0 Å². The second kappa shape index (κ2) is 7.59. The van der Waals surface area contributed by atoms with Crippen molar-refractivity contribution in [3.05, 3.63) is 35.5 Å². The van der Waals surface area contributed by atoms with E-state index in [0.717, 1.165) is 17.4 Å². The zero-order valence-corrected chi connectivity index (χ0v) is 15.1. The molecule has 27 heavy (non-hydrogen) atoms. The number of hydrogen-bond donors (Lipinski definition) is 3. The van der Waals surface area contributed by atoms with Crippen molar-refractivity contribution in [1.29, 1.82) is 0 Å². The molecule has 0 radical (unpaired) electrons. The first kappa shape index (κ1) is 19.2. The summed E-state index contributed by atoms with van der Waals surface area (Å²) in [4.78, 5) is 19.1. The molecule has 144 valence electrons. The maximum atomic E-state index is 13.2. The lowest BCUT2D eigenvalue weighted by atomic mass is 10.0. The van der Waals surface area contributed by atoms with E-state index in [0.29, 0.717) is 18.5 Å². The van der Waals surface area contributed by atoms with E-state index in [1.165, 1.54) is 0 Å². The van der Waals surface area contributed by atoms with Crippen molar-refractivity contribution < 1.29 is 18.0 Å². The fraction of sp³-hybridized carbons (Fsp3) is 0.353. The standard InChI is InChI=1S/C17H17ClF3N5O/c1-9(7-18)23-15-12(17(19,20)21)8-22-16(26-15)24-11-3-4-13-10(6-11)2-5-14(27)25-13/h3-4,6,8-9H,2,5,7H2,1H3,(H,25,27)(H2,22,23,24,26). The van der Waals surface area contributed by atoms with E-state index in [4.69, 9.17) is 11.6 Å². The van der Waals surface area contributed by atoms with Crippen LogP contribution in [0.5, 0.6) is 0 Å². The lowest BCUT2D eigenvalue weighted by molar-refractivity contribution is -0.137. The van der Waals surface area contributed by atoms with Crippen LogP contribution in [0.4, 0.5) is 36.3 Å². The SMILES string of the molecule is CC(CCl)Nc1nc(Nc2ccc3c(c2)CCC(=O)N3)ncc1C(F)(F)F. The number of halogens is 4. The number of anilines is 4. The number of benzene rings is 1. The molecule has 0 spiro atoms. The van der Waals surface area contributed by atoms with Crippen molar-refractivity contribution in [2.24, 2.45) is 0 Å². The molecule has 0 saturated heterocycles. The highest BCUT2D eigenvalue weighted by molar-refractivity contribution is 6.18. The van der Waals surface area contributed by atoms with Crippen LogP contribution in [0.2, 0.25) is 0 Å². The van der Waals surface area contributed by atoms with Gasteiger partial charge in [0.2, 0.25) is 11.9 Å². The third-order valence-corrected chi connectivity index (χ3v) is 4.43. The number of amides is 1. The van der Waals surface area contributed by atoms with Gasteiger partial charge in [0.15, 0.2) is 0 Å². The molecular weight excluding hydrogens is 383 g/mol. The van der Waals surface area contributed by atoms with Crippen molar-refractivity contribution in [2.45, 2.75) is 32.0 Å². The Morgan fingerprint density at radius 1 is 1.33 bits per heavy atom. The summed E-state index contributed by atoms with van der Waals surface area (Å²) in [6.45, 7) is 1.65. The summed E-state index contributed by atoms with van der Waals surface area (Å²) in [6.07, 6.45) is -2.88. The second-order valence-electron chi connectivity index (χ2n) is 6.20. The fourth-order valence-electron chi connectivity index (χ4n) is 2.62. The molecule has 3 rings (SSSR count). The Morgan fingerprint density at radius 2 is 2.11 bits per heavy atom. The third-order valence-electron chi connectivity index (χ3n) is 3.97. The largest absolute Gasteiger partial charge is 0.421 e. The summed E-state index contributed by atoms with van der Waals surface area (Å²) >= 11 is 5.68. The highest BCUT2D eigenvalue weighted by atomic mass is 35.5. The summed E-state index contributed by atoms with van der Waals surface area (Å²) in [7, 11) is 0. The molecule has 1 aromatic carbocycles. The Bertz CT molecular complexity index is 859. The average Bonchev–Trinajstić information content (AvgIpc) is 2.61. The predicted octanol–water partition coefficient (Wildman–Crippen LogP) is 4.16. The number of alkyl halides is 4. The molecule has 1 unspecified atom stereocenters. The molecule has 0 fully saturated rings. The number of carbonyl (C=O) groups excluding carboxylic acids is 1. The van der Waals surface area contributed by atoms with Gasteiger partial charge in [-0.25, -0.2) is 4.98 Å². The third kappa shape index (κ3) is 4.60. The number of nitrogens with zero attached hydrogens (tertiary/aromatic N) is 2. The van der Waals surface area contributed by atoms with E-state index in [-0.39, 0.29) is 23.6 Å². The molecule has 0 aliphatic carbocycles. The summed E-state index contributed by atoms with van der Waals surface area (Å²) in [5.41, 5.74) is 1.31. The van der Waals surface area contributed by atoms with Crippen LogP contribution in [-0.4, -0.2) is 27.8 Å². The molecule has 1 atom stereocenters. The molecule has 10 heteroatoms. The van der Waals surface area contributed by atoms with Gasteiger partial charge in [-0.2, -0.15) is 18.2 Å². The Balaban J connectivity index is 1.86. The first-order valence-electron chi connectivity index (χ1n) is 8.23. The van der Waals surface area contributed by atoms with Gasteiger partial charge < -0.3 is 16.0 Å². The first-order chi connectivity index (χ1) is 12.8. The van der Waals surface area contributed by atoms with Gasteiger partial charge in [-0.05, 0) is 37.1 Å². The van der Waals surface area contributed by atoms with Gasteiger partial charge in [-0.15, -0.1) is 11.6 Å². The minimum Gasteiger partial charge on any atom is -0.366 e. The Labute approximate surface area is 158 Å². The number of rotatable bonds is 5. The van der Waals surface area contributed by atoms with E-state index in [9.17, 15) is 18.0 Å². The van der Waals surface area contributed by atoms with Crippen molar-refractivity contribution >= 4 is 40.6 Å². The molecule has 2 heterocycles. The number of aromatic nitrogens is 2. The van der Waals surface area contributed by atoms with Gasteiger partial charge in [0, 0.05) is 35.9 Å². The molecule has 1 aliphatic rings. The Kier molecular flexibility index (Phi) is 5.41. The average molecular weight is 400 g/mol. The molecule has 3 N–H and O–H groups in total. The molecule has 6 nitrogen and oxygen atoms in total. The lowest BCUT2D eigenvalue weighted by Gasteiger charge is -2.19. The van der Waals surface area contributed by atoms with Crippen LogP contribution in [0.15, 0.2) is 24.4 Å². The number of hydrogen-bond acceptors (Lipinski definition) is 5. The Hall–Kier alpha value is -2.55. The zero-order valence-electron chi connectivity index (χ0n) is 14.3. The predicted molar refractivity (Wildman–Crippen MR) is 97.5 cm³/mol.